The number of sulfone groups is 1. The molecular formula is C11H10ClNO3S2. The second-order valence-corrected chi connectivity index (χ2v) is 6.76. The van der Waals surface area contributed by atoms with E-state index >= 15 is 0 Å². The van der Waals surface area contributed by atoms with E-state index in [-0.39, 0.29) is 11.3 Å². The Labute approximate surface area is 115 Å². The minimum Gasteiger partial charge on any atom is -0.345 e. The molecule has 0 radical (unpaired) electrons. The molecule has 1 aliphatic rings. The predicted octanol–water partition coefficient (Wildman–Crippen LogP) is 1.67. The van der Waals surface area contributed by atoms with Crippen LogP contribution >= 0.6 is 24.2 Å². The molecule has 0 aromatic heterocycles. The van der Waals surface area contributed by atoms with Gasteiger partial charge in [0.15, 0.2) is 9.84 Å². The minimum absolute atomic E-state index is 0.114. The average molecular weight is 304 g/mol. The Morgan fingerprint density at radius 1 is 1.44 bits per heavy atom. The van der Waals surface area contributed by atoms with Crippen molar-refractivity contribution in [2.24, 2.45) is 0 Å². The van der Waals surface area contributed by atoms with Gasteiger partial charge in [-0.25, -0.2) is 8.42 Å². The Kier molecular flexibility index (Phi) is 3.70. The molecule has 1 amide bonds. The highest BCUT2D eigenvalue weighted by atomic mass is 35.5. The van der Waals surface area contributed by atoms with E-state index < -0.39 is 21.8 Å². The molecule has 0 saturated carbocycles. The van der Waals surface area contributed by atoms with Crippen molar-refractivity contribution < 1.29 is 13.2 Å². The first kappa shape index (κ1) is 13.5. The summed E-state index contributed by atoms with van der Waals surface area (Å²) in [6.45, 7) is 0. The largest absolute Gasteiger partial charge is 0.345 e. The lowest BCUT2D eigenvalue weighted by Crippen LogP contribution is -2.35. The van der Waals surface area contributed by atoms with Crippen molar-refractivity contribution in [2.75, 3.05) is 5.75 Å². The summed E-state index contributed by atoms with van der Waals surface area (Å²) in [4.78, 5) is 12.5. The topological polar surface area (TPSA) is 63.2 Å². The molecule has 1 heterocycles. The zero-order valence-corrected chi connectivity index (χ0v) is 11.6. The van der Waals surface area contributed by atoms with Crippen molar-refractivity contribution in [1.29, 1.82) is 0 Å². The van der Waals surface area contributed by atoms with Crippen molar-refractivity contribution >= 4 is 40.0 Å². The maximum Gasteiger partial charge on any atom is 0.253 e. The molecular weight excluding hydrogens is 294 g/mol. The fraction of sp³-hybridized carbons (Fsp3) is 0.182. The van der Waals surface area contributed by atoms with Gasteiger partial charge < -0.3 is 5.32 Å². The summed E-state index contributed by atoms with van der Waals surface area (Å²) in [5.74, 6) is -0.528. The van der Waals surface area contributed by atoms with E-state index in [9.17, 15) is 13.2 Å². The molecule has 4 nitrogen and oxygen atoms in total. The monoisotopic (exact) mass is 303 g/mol. The Balaban J connectivity index is 2.14. The third kappa shape index (κ3) is 3.07. The third-order valence-corrected chi connectivity index (χ3v) is 4.44. The van der Waals surface area contributed by atoms with Crippen molar-refractivity contribution in [3.63, 3.8) is 0 Å². The molecule has 0 fully saturated rings. The normalized spacial score (nSPS) is 20.9. The van der Waals surface area contributed by atoms with Gasteiger partial charge in [0, 0.05) is 10.3 Å². The Morgan fingerprint density at radius 2 is 2.17 bits per heavy atom. The van der Waals surface area contributed by atoms with E-state index in [1.54, 1.807) is 12.1 Å². The van der Waals surface area contributed by atoms with Gasteiger partial charge in [0.05, 0.1) is 22.4 Å². The van der Waals surface area contributed by atoms with Crippen LogP contribution in [0, 0.1) is 0 Å². The van der Waals surface area contributed by atoms with Gasteiger partial charge in [-0.05, 0) is 24.3 Å². The second kappa shape index (κ2) is 4.95. The van der Waals surface area contributed by atoms with Gasteiger partial charge in [-0.2, -0.15) is 0 Å². The Morgan fingerprint density at radius 3 is 2.78 bits per heavy atom. The lowest BCUT2D eigenvalue weighted by Gasteiger charge is -2.11. The molecule has 1 unspecified atom stereocenters. The van der Waals surface area contributed by atoms with E-state index in [0.29, 0.717) is 9.92 Å². The number of rotatable bonds is 2. The number of carbonyl (C=O) groups excluding carboxylic acids is 1. The zero-order chi connectivity index (χ0) is 13.3. The molecule has 1 aromatic rings. The highest BCUT2D eigenvalue weighted by Crippen LogP contribution is 2.20. The molecule has 7 heteroatoms. The van der Waals surface area contributed by atoms with Gasteiger partial charge in [0.1, 0.15) is 0 Å². The number of halogens is 1. The number of amides is 1. The summed E-state index contributed by atoms with van der Waals surface area (Å²) >= 11 is 10.0. The highest BCUT2D eigenvalue weighted by molar-refractivity contribution is 7.94. The van der Waals surface area contributed by atoms with Crippen LogP contribution in [0.25, 0.3) is 0 Å². The zero-order valence-electron chi connectivity index (χ0n) is 9.13. The molecule has 0 aliphatic carbocycles. The number of hydrogen-bond acceptors (Lipinski definition) is 4. The van der Waals surface area contributed by atoms with Crippen LogP contribution in [-0.2, 0) is 9.84 Å². The summed E-state index contributed by atoms with van der Waals surface area (Å²) in [6.07, 6.45) is 1.45. The summed E-state index contributed by atoms with van der Waals surface area (Å²) in [7, 11) is -3.18. The lowest BCUT2D eigenvalue weighted by atomic mass is 10.2. The Hall–Kier alpha value is -0.980. The molecule has 1 aliphatic heterocycles. The highest BCUT2D eigenvalue weighted by Gasteiger charge is 2.24. The first-order chi connectivity index (χ1) is 8.37. The van der Waals surface area contributed by atoms with Crippen LogP contribution in [0.3, 0.4) is 0 Å². The van der Waals surface area contributed by atoms with Gasteiger partial charge in [0.25, 0.3) is 5.91 Å². The quantitative estimate of drug-likeness (QED) is 0.817. The van der Waals surface area contributed by atoms with Crippen LogP contribution in [0.15, 0.2) is 34.6 Å². The molecule has 1 N–H and O–H groups in total. The van der Waals surface area contributed by atoms with Crippen LogP contribution in [-0.4, -0.2) is 26.1 Å². The first-order valence-corrected chi connectivity index (χ1v) is 7.62. The third-order valence-electron chi connectivity index (χ3n) is 2.44. The number of nitrogens with one attached hydrogen (secondary N) is 1. The van der Waals surface area contributed by atoms with Gasteiger partial charge in [-0.1, -0.05) is 11.6 Å². The molecule has 18 heavy (non-hydrogen) atoms. The lowest BCUT2D eigenvalue weighted by molar-refractivity contribution is 0.0947. The summed E-state index contributed by atoms with van der Waals surface area (Å²) in [5.41, 5.74) is 0.280. The van der Waals surface area contributed by atoms with Crippen molar-refractivity contribution in [3.05, 3.63) is 40.3 Å². The number of carbonyl (C=O) groups is 1. The van der Waals surface area contributed by atoms with E-state index in [0.717, 1.165) is 5.41 Å². The van der Waals surface area contributed by atoms with Crippen LogP contribution in [0.4, 0.5) is 0 Å². The van der Waals surface area contributed by atoms with Crippen LogP contribution in [0.1, 0.15) is 10.4 Å². The standard InChI is InChI=1S/C11H10ClNO3S2/c12-10-2-1-8(17)5-9(10)11(14)13-7-3-4-18(15,16)6-7/h1-5,7,17H,6H2,(H,13,14). The Bertz CT molecular complexity index is 625. The molecule has 2 rings (SSSR count). The molecule has 0 spiro atoms. The van der Waals surface area contributed by atoms with E-state index in [4.69, 9.17) is 11.6 Å². The van der Waals surface area contributed by atoms with Gasteiger partial charge in [-0.3, -0.25) is 4.79 Å². The van der Waals surface area contributed by atoms with Crippen molar-refractivity contribution in [3.8, 4) is 0 Å². The van der Waals surface area contributed by atoms with E-state index in [1.165, 1.54) is 12.1 Å². The SMILES string of the molecule is O=C(NC1C=CS(=O)(=O)C1)c1cc(S)ccc1Cl. The summed E-state index contributed by atoms with van der Waals surface area (Å²) in [5, 5.41) is 4.00. The fourth-order valence-corrected chi connectivity index (χ4v) is 3.24. The second-order valence-electron chi connectivity index (χ2n) is 3.90. The first-order valence-electron chi connectivity index (χ1n) is 5.08. The van der Waals surface area contributed by atoms with Gasteiger partial charge in [-0.15, -0.1) is 12.6 Å². The predicted molar refractivity (Wildman–Crippen MR) is 72.9 cm³/mol. The minimum atomic E-state index is -3.18. The number of hydrogen-bond donors (Lipinski definition) is 2. The van der Waals surface area contributed by atoms with E-state index in [2.05, 4.69) is 17.9 Å². The smallest absolute Gasteiger partial charge is 0.253 e. The molecule has 0 saturated heterocycles. The summed E-state index contributed by atoms with van der Waals surface area (Å²) in [6, 6.07) is 4.26. The molecule has 0 bridgehead atoms. The van der Waals surface area contributed by atoms with Gasteiger partial charge in [0.2, 0.25) is 0 Å². The van der Waals surface area contributed by atoms with Crippen LogP contribution in [0.2, 0.25) is 5.02 Å². The van der Waals surface area contributed by atoms with Crippen LogP contribution in [0.5, 0.6) is 0 Å². The molecule has 1 atom stereocenters. The van der Waals surface area contributed by atoms with Crippen molar-refractivity contribution in [1.82, 2.24) is 5.32 Å². The van der Waals surface area contributed by atoms with E-state index in [1.807, 2.05) is 0 Å². The van der Waals surface area contributed by atoms with Crippen molar-refractivity contribution in [2.45, 2.75) is 10.9 Å². The van der Waals surface area contributed by atoms with Crippen LogP contribution < -0.4 is 5.32 Å². The number of benzene rings is 1. The summed E-state index contributed by atoms with van der Waals surface area (Å²) < 4.78 is 22.4. The number of thiol groups is 1. The fourth-order valence-electron chi connectivity index (χ4n) is 1.60. The maximum absolute atomic E-state index is 11.9. The van der Waals surface area contributed by atoms with Gasteiger partial charge >= 0.3 is 0 Å². The molecule has 1 aromatic carbocycles. The maximum atomic E-state index is 11.9. The average Bonchev–Trinajstić information content (AvgIpc) is 2.61. The molecule has 96 valence electrons.